The highest BCUT2D eigenvalue weighted by Gasteiger charge is 2.70. The number of hydrogen-bond acceptors (Lipinski definition) is 8. The Morgan fingerprint density at radius 3 is 2.17 bits per heavy atom. The number of carbonyl (C=O) groups excluding carboxylic acids is 4. The number of hydrogen-bond donors (Lipinski definition) is 2. The van der Waals surface area contributed by atoms with E-state index < -0.39 is 46.8 Å². The fourth-order valence-corrected chi connectivity index (χ4v) is 10.3. The molecule has 5 aromatic carbocycles. The quantitative estimate of drug-likeness (QED) is 0.128. The van der Waals surface area contributed by atoms with E-state index in [-0.39, 0.29) is 24.0 Å². The number of rotatable bonds is 6. The highest BCUT2D eigenvalue weighted by molar-refractivity contribution is 6.22. The minimum atomic E-state index is -1.40. The van der Waals surface area contributed by atoms with Gasteiger partial charge in [0.25, 0.3) is 11.8 Å². The van der Waals surface area contributed by atoms with E-state index in [9.17, 15) is 19.5 Å². The first kappa shape index (κ1) is 35.6. The van der Waals surface area contributed by atoms with Crippen molar-refractivity contribution in [3.05, 3.63) is 155 Å². The van der Waals surface area contributed by atoms with E-state index in [2.05, 4.69) is 10.4 Å². The second kappa shape index (κ2) is 13.1. The molecule has 3 fully saturated rings. The van der Waals surface area contributed by atoms with Crippen molar-refractivity contribution in [2.24, 2.45) is 23.7 Å². The van der Waals surface area contributed by atoms with Crippen molar-refractivity contribution >= 4 is 46.1 Å². The zero-order valence-corrected chi connectivity index (χ0v) is 32.2. The molecule has 1 aromatic heterocycles. The van der Waals surface area contributed by atoms with E-state index >= 15 is 4.79 Å². The van der Waals surface area contributed by atoms with Crippen LogP contribution in [-0.4, -0.2) is 38.7 Å². The van der Waals surface area contributed by atoms with Crippen LogP contribution in [0, 0.1) is 44.4 Å². The number of phenols is 1. The Kier molecular flexibility index (Phi) is 8.05. The summed E-state index contributed by atoms with van der Waals surface area (Å²) in [7, 11) is 0. The number of anilines is 2. The van der Waals surface area contributed by atoms with Gasteiger partial charge in [0, 0.05) is 11.5 Å². The number of benzene rings is 5. The number of nitrogens with zero attached hydrogens (tertiary/aromatic N) is 3. The average molecular weight is 769 g/mol. The van der Waals surface area contributed by atoms with Gasteiger partial charge in [0.15, 0.2) is 5.58 Å². The molecule has 2 saturated heterocycles. The van der Waals surface area contributed by atoms with Crippen LogP contribution in [0.2, 0.25) is 0 Å². The van der Waals surface area contributed by atoms with Gasteiger partial charge in [0.2, 0.25) is 17.7 Å². The van der Waals surface area contributed by atoms with Crippen molar-refractivity contribution in [1.82, 2.24) is 9.99 Å². The first-order valence-corrected chi connectivity index (χ1v) is 19.7. The number of carbonyl (C=O) groups is 4. The molecule has 6 unspecified atom stereocenters. The van der Waals surface area contributed by atoms with Gasteiger partial charge in [-0.1, -0.05) is 83.9 Å². The monoisotopic (exact) mass is 768 g/mol. The van der Waals surface area contributed by atoms with Crippen molar-refractivity contribution in [1.29, 1.82) is 0 Å². The molecule has 2 N–H and O–H groups in total. The van der Waals surface area contributed by atoms with Gasteiger partial charge in [-0.25, -0.2) is 4.98 Å². The molecule has 0 spiro atoms. The predicted molar refractivity (Wildman–Crippen MR) is 218 cm³/mol. The number of aryl methyl sites for hydroxylation is 3. The average Bonchev–Trinajstić information content (AvgIpc) is 3.85. The summed E-state index contributed by atoms with van der Waals surface area (Å²) in [6.07, 6.45) is 2.54. The van der Waals surface area contributed by atoms with Crippen LogP contribution in [0.4, 0.5) is 11.4 Å². The standard InChI is InChI=1S/C48H40N4O6/c1-26-13-17-32(18-14-26)50-52-45(55)37-25-36-34(41(30-23-27(2)42(53)28(3)24-30)48(37,47(52)57)31-9-5-4-6-10-31)21-22-35-40(36)46(56)51(44(35)54)33-19-15-29(16-20-33)43-49-38-11-7-8-12-39(38)58-43/h4-21,23-24,35-37,40-41,50,53H,22,25H2,1-3H3. The molecule has 10 nitrogen and oxygen atoms in total. The Bertz CT molecular complexity index is 2660. The molecule has 2 aliphatic carbocycles. The minimum absolute atomic E-state index is 0.157. The van der Waals surface area contributed by atoms with E-state index in [1.807, 2.05) is 118 Å². The third-order valence-electron chi connectivity index (χ3n) is 12.9. The Morgan fingerprint density at radius 1 is 0.776 bits per heavy atom. The second-order valence-electron chi connectivity index (χ2n) is 16.1. The topological polar surface area (TPSA) is 133 Å². The van der Waals surface area contributed by atoms with Gasteiger partial charge in [-0.3, -0.25) is 29.5 Å². The van der Waals surface area contributed by atoms with Crippen molar-refractivity contribution < 1.29 is 28.7 Å². The molecule has 6 atom stereocenters. The normalized spacial score (nSPS) is 25.2. The van der Waals surface area contributed by atoms with Crippen LogP contribution < -0.4 is 10.3 Å². The van der Waals surface area contributed by atoms with E-state index in [0.717, 1.165) is 27.2 Å². The van der Waals surface area contributed by atoms with Crippen LogP contribution in [-0.2, 0) is 24.6 Å². The Balaban J connectivity index is 1.08. The molecular weight excluding hydrogens is 729 g/mol. The first-order chi connectivity index (χ1) is 28.1. The van der Waals surface area contributed by atoms with Gasteiger partial charge in [-0.2, -0.15) is 5.01 Å². The maximum Gasteiger partial charge on any atom is 0.260 e. The molecule has 0 bridgehead atoms. The lowest BCUT2D eigenvalue weighted by Crippen LogP contribution is -2.53. The van der Waals surface area contributed by atoms with E-state index in [4.69, 9.17) is 4.42 Å². The Morgan fingerprint density at radius 2 is 1.47 bits per heavy atom. The molecule has 0 radical (unpaired) electrons. The summed E-state index contributed by atoms with van der Waals surface area (Å²) in [4.78, 5) is 65.5. The SMILES string of the molecule is Cc1ccc(NN2C(=O)C3CC4C(=CCC5C(=O)N(c6ccc(-c7nc8ccccc8o7)cc6)C(=O)C54)C(c4cc(C)c(O)c(C)c4)C3(c3ccccc3)C2=O)cc1. The van der Waals surface area contributed by atoms with Gasteiger partial charge in [-0.05, 0) is 110 Å². The molecule has 58 heavy (non-hydrogen) atoms. The maximum atomic E-state index is 15.4. The molecular formula is C48H40N4O6. The molecule has 288 valence electrons. The highest BCUT2D eigenvalue weighted by atomic mass is 16.3. The van der Waals surface area contributed by atoms with Crippen LogP contribution in [0.5, 0.6) is 5.75 Å². The van der Waals surface area contributed by atoms with E-state index in [1.54, 1.807) is 24.3 Å². The number of oxazole rings is 1. The van der Waals surface area contributed by atoms with Crippen molar-refractivity contribution in [2.75, 3.05) is 10.3 Å². The number of amides is 4. The van der Waals surface area contributed by atoms with Crippen LogP contribution in [0.15, 0.2) is 131 Å². The van der Waals surface area contributed by atoms with Crippen molar-refractivity contribution in [2.45, 2.75) is 44.9 Å². The number of fused-ring (bicyclic) bond motifs is 5. The summed E-state index contributed by atoms with van der Waals surface area (Å²) >= 11 is 0. The Labute approximate surface area is 334 Å². The minimum Gasteiger partial charge on any atom is -0.507 e. The summed E-state index contributed by atoms with van der Waals surface area (Å²) < 4.78 is 5.96. The number of allylic oxidation sites excluding steroid dienone is 2. The van der Waals surface area contributed by atoms with Crippen molar-refractivity contribution in [3.63, 3.8) is 0 Å². The Hall–Kier alpha value is -6.81. The summed E-state index contributed by atoms with van der Waals surface area (Å²) in [6.45, 7) is 5.61. The molecule has 2 aliphatic heterocycles. The fraction of sp³-hybridized carbons (Fsp3) is 0.229. The van der Waals surface area contributed by atoms with Gasteiger partial charge in [0.1, 0.15) is 11.3 Å². The lowest BCUT2D eigenvalue weighted by atomic mass is 9.49. The second-order valence-corrected chi connectivity index (χ2v) is 16.1. The summed E-state index contributed by atoms with van der Waals surface area (Å²) in [5.74, 6) is -4.27. The number of aromatic nitrogens is 1. The van der Waals surface area contributed by atoms with Crippen LogP contribution >= 0.6 is 0 Å². The molecule has 4 aliphatic rings. The number of para-hydroxylation sites is 2. The molecule has 1 saturated carbocycles. The van der Waals surface area contributed by atoms with E-state index in [0.29, 0.717) is 51.5 Å². The van der Waals surface area contributed by atoms with Gasteiger partial charge >= 0.3 is 0 Å². The number of nitrogens with one attached hydrogen (secondary N) is 1. The lowest BCUT2D eigenvalue weighted by Gasteiger charge is -2.50. The number of aromatic hydroxyl groups is 1. The summed E-state index contributed by atoms with van der Waals surface area (Å²) in [5.41, 5.74) is 9.52. The predicted octanol–water partition coefficient (Wildman–Crippen LogP) is 8.32. The maximum absolute atomic E-state index is 15.4. The lowest BCUT2D eigenvalue weighted by molar-refractivity contribution is -0.138. The zero-order valence-electron chi connectivity index (χ0n) is 32.2. The number of imide groups is 2. The van der Waals surface area contributed by atoms with E-state index in [1.165, 1.54) is 4.90 Å². The number of phenolic OH excluding ortho intramolecular Hbond substituents is 1. The molecule has 10 heteroatoms. The van der Waals surface area contributed by atoms with Crippen LogP contribution in [0.1, 0.15) is 46.6 Å². The van der Waals surface area contributed by atoms with Gasteiger partial charge < -0.3 is 9.52 Å². The third kappa shape index (κ3) is 5.13. The largest absolute Gasteiger partial charge is 0.507 e. The molecule has 4 amide bonds. The molecule has 10 rings (SSSR count). The fourth-order valence-electron chi connectivity index (χ4n) is 10.3. The zero-order chi connectivity index (χ0) is 40.0. The van der Waals surface area contributed by atoms with Crippen molar-refractivity contribution in [3.8, 4) is 17.2 Å². The van der Waals surface area contributed by atoms with Gasteiger partial charge in [0.05, 0.1) is 34.5 Å². The van der Waals surface area contributed by atoms with Crippen LogP contribution in [0.25, 0.3) is 22.6 Å². The smallest absolute Gasteiger partial charge is 0.260 e. The highest BCUT2D eigenvalue weighted by Crippen LogP contribution is 2.64. The molecule has 6 aromatic rings. The summed E-state index contributed by atoms with van der Waals surface area (Å²) in [5, 5.41) is 12.1. The summed E-state index contributed by atoms with van der Waals surface area (Å²) in [6, 6.07) is 35.3. The van der Waals surface area contributed by atoms with Crippen LogP contribution in [0.3, 0.4) is 0 Å². The number of hydrazine groups is 1. The third-order valence-corrected chi connectivity index (χ3v) is 12.9. The van der Waals surface area contributed by atoms with Gasteiger partial charge in [-0.15, -0.1) is 0 Å². The first-order valence-electron chi connectivity index (χ1n) is 19.7. The molecule has 3 heterocycles.